The molecule has 0 aliphatic heterocycles. The maximum Gasteiger partial charge on any atom is 0.159 e. The molecule has 0 heterocycles. The van der Waals surface area contributed by atoms with Crippen molar-refractivity contribution in [3.05, 3.63) is 65.2 Å². The van der Waals surface area contributed by atoms with E-state index in [1.165, 1.54) is 6.07 Å². The third kappa shape index (κ3) is 4.02. The van der Waals surface area contributed by atoms with Crippen molar-refractivity contribution in [3.63, 3.8) is 0 Å². The molecule has 1 atom stereocenters. The van der Waals surface area contributed by atoms with Gasteiger partial charge in [0.2, 0.25) is 0 Å². The lowest BCUT2D eigenvalue weighted by Crippen LogP contribution is -2.12. The second kappa shape index (κ2) is 7.18. The first-order valence-electron chi connectivity index (χ1n) is 7.05. The van der Waals surface area contributed by atoms with Crippen molar-refractivity contribution in [2.75, 3.05) is 6.61 Å². The fraction of sp³-hybridized carbons (Fsp3) is 0.294. The molecule has 2 aromatic rings. The minimum absolute atomic E-state index is 0.496. The molecular weight excluding hydrogens is 272 g/mol. The van der Waals surface area contributed by atoms with Crippen LogP contribution in [0.1, 0.15) is 36.9 Å². The summed E-state index contributed by atoms with van der Waals surface area (Å²) in [5.74, 6) is -0.974. The summed E-state index contributed by atoms with van der Waals surface area (Å²) in [7, 11) is 0. The van der Waals surface area contributed by atoms with Gasteiger partial charge in [0.15, 0.2) is 11.6 Å². The molecule has 112 valence electrons. The van der Waals surface area contributed by atoms with Gasteiger partial charge in [-0.1, -0.05) is 31.5 Å². The zero-order chi connectivity index (χ0) is 15.2. The number of ether oxygens (including phenoxy) is 1. The summed E-state index contributed by atoms with van der Waals surface area (Å²) in [5.41, 5.74) is 7.44. The standard InChI is InChI=1S/C17H19F2NO/c1-2-3-10-21-14-7-4-12(5-8-14)17(20)13-6-9-15(18)16(19)11-13/h4-9,11,17H,2-3,10,20H2,1H3. The predicted octanol–water partition coefficient (Wildman–Crippen LogP) is 4.19. The van der Waals surface area contributed by atoms with Gasteiger partial charge in [-0.15, -0.1) is 0 Å². The van der Waals surface area contributed by atoms with Gasteiger partial charge in [0, 0.05) is 0 Å². The molecule has 0 radical (unpaired) electrons. The van der Waals surface area contributed by atoms with Crippen molar-refractivity contribution < 1.29 is 13.5 Å². The molecule has 0 aliphatic rings. The van der Waals surface area contributed by atoms with Crippen LogP contribution in [0.15, 0.2) is 42.5 Å². The molecule has 0 aromatic heterocycles. The van der Waals surface area contributed by atoms with Crippen molar-refractivity contribution in [2.24, 2.45) is 5.73 Å². The fourth-order valence-corrected chi connectivity index (χ4v) is 2.00. The Hall–Kier alpha value is -1.94. The van der Waals surface area contributed by atoms with Crippen molar-refractivity contribution >= 4 is 0 Å². The van der Waals surface area contributed by atoms with Crippen LogP contribution >= 0.6 is 0 Å². The molecule has 4 heteroatoms. The Kier molecular flexibility index (Phi) is 5.28. The second-order valence-corrected chi connectivity index (χ2v) is 4.92. The van der Waals surface area contributed by atoms with Crippen LogP contribution in [0.2, 0.25) is 0 Å². The Labute approximate surface area is 123 Å². The summed E-state index contributed by atoms with van der Waals surface area (Å²) >= 11 is 0. The quantitative estimate of drug-likeness (QED) is 0.810. The first-order chi connectivity index (χ1) is 10.1. The van der Waals surface area contributed by atoms with Crippen molar-refractivity contribution in [2.45, 2.75) is 25.8 Å². The number of benzene rings is 2. The Morgan fingerprint density at radius 2 is 1.67 bits per heavy atom. The number of unbranched alkanes of at least 4 members (excludes halogenated alkanes) is 1. The molecule has 2 N–H and O–H groups in total. The molecule has 2 rings (SSSR count). The topological polar surface area (TPSA) is 35.2 Å². The zero-order valence-corrected chi connectivity index (χ0v) is 12.0. The van der Waals surface area contributed by atoms with Crippen molar-refractivity contribution in [1.82, 2.24) is 0 Å². The molecule has 0 spiro atoms. The number of rotatable bonds is 6. The molecule has 2 aromatic carbocycles. The molecule has 1 unspecified atom stereocenters. The van der Waals surface area contributed by atoms with Gasteiger partial charge in [0.1, 0.15) is 5.75 Å². The van der Waals surface area contributed by atoms with Gasteiger partial charge in [-0.3, -0.25) is 0 Å². The van der Waals surface area contributed by atoms with Crippen LogP contribution in [-0.2, 0) is 0 Å². The minimum atomic E-state index is -0.887. The zero-order valence-electron chi connectivity index (χ0n) is 12.0. The van der Waals surface area contributed by atoms with E-state index in [1.54, 1.807) is 0 Å². The maximum atomic E-state index is 13.2. The lowest BCUT2D eigenvalue weighted by molar-refractivity contribution is 0.309. The lowest BCUT2D eigenvalue weighted by Gasteiger charge is -2.14. The van der Waals surface area contributed by atoms with Crippen LogP contribution in [0.3, 0.4) is 0 Å². The summed E-state index contributed by atoms with van der Waals surface area (Å²) in [6, 6.07) is 10.6. The Morgan fingerprint density at radius 3 is 2.29 bits per heavy atom. The molecule has 0 bridgehead atoms. The van der Waals surface area contributed by atoms with Crippen molar-refractivity contribution in [3.8, 4) is 5.75 Å². The van der Waals surface area contributed by atoms with Gasteiger partial charge in [0.25, 0.3) is 0 Å². The number of hydrogen-bond acceptors (Lipinski definition) is 2. The van der Waals surface area contributed by atoms with E-state index in [1.807, 2.05) is 24.3 Å². The highest BCUT2D eigenvalue weighted by Crippen LogP contribution is 2.23. The normalized spacial score (nSPS) is 12.2. The van der Waals surface area contributed by atoms with Crippen LogP contribution in [-0.4, -0.2) is 6.61 Å². The van der Waals surface area contributed by atoms with Gasteiger partial charge in [0.05, 0.1) is 12.6 Å². The Morgan fingerprint density at radius 1 is 1.00 bits per heavy atom. The van der Waals surface area contributed by atoms with E-state index in [0.29, 0.717) is 12.2 Å². The highest BCUT2D eigenvalue weighted by Gasteiger charge is 2.11. The third-order valence-electron chi connectivity index (χ3n) is 3.31. The van der Waals surface area contributed by atoms with Gasteiger partial charge in [-0.25, -0.2) is 8.78 Å². The van der Waals surface area contributed by atoms with Crippen LogP contribution in [0, 0.1) is 11.6 Å². The summed E-state index contributed by atoms with van der Waals surface area (Å²) in [5, 5.41) is 0. The van der Waals surface area contributed by atoms with Crippen LogP contribution in [0.25, 0.3) is 0 Å². The maximum absolute atomic E-state index is 13.2. The van der Waals surface area contributed by atoms with E-state index in [2.05, 4.69) is 6.92 Å². The summed E-state index contributed by atoms with van der Waals surface area (Å²) in [6.07, 6.45) is 2.09. The number of nitrogens with two attached hydrogens (primary N) is 1. The van der Waals surface area contributed by atoms with E-state index < -0.39 is 17.7 Å². The molecule has 0 aliphatic carbocycles. The largest absolute Gasteiger partial charge is 0.494 e. The monoisotopic (exact) mass is 291 g/mol. The lowest BCUT2D eigenvalue weighted by atomic mass is 9.99. The summed E-state index contributed by atoms with van der Waals surface area (Å²) < 4.78 is 31.7. The van der Waals surface area contributed by atoms with E-state index in [4.69, 9.17) is 10.5 Å². The SMILES string of the molecule is CCCCOc1ccc(C(N)c2ccc(F)c(F)c2)cc1. The number of hydrogen-bond donors (Lipinski definition) is 1. The fourth-order valence-electron chi connectivity index (χ4n) is 2.00. The molecule has 21 heavy (non-hydrogen) atoms. The predicted molar refractivity (Wildman–Crippen MR) is 79.2 cm³/mol. The summed E-state index contributed by atoms with van der Waals surface area (Å²) in [4.78, 5) is 0. The molecule has 0 amide bonds. The van der Waals surface area contributed by atoms with E-state index in [-0.39, 0.29) is 0 Å². The average molecular weight is 291 g/mol. The van der Waals surface area contributed by atoms with E-state index in [0.717, 1.165) is 36.3 Å². The molecule has 0 saturated heterocycles. The summed E-state index contributed by atoms with van der Waals surface area (Å²) in [6.45, 7) is 2.79. The first-order valence-corrected chi connectivity index (χ1v) is 7.05. The Bertz CT molecular complexity index is 584. The Balaban J connectivity index is 2.08. The highest BCUT2D eigenvalue weighted by molar-refractivity contribution is 5.35. The van der Waals surface area contributed by atoms with Gasteiger partial charge in [-0.2, -0.15) is 0 Å². The van der Waals surface area contributed by atoms with Crippen LogP contribution in [0.5, 0.6) is 5.75 Å². The molecule has 2 nitrogen and oxygen atoms in total. The smallest absolute Gasteiger partial charge is 0.159 e. The molecule has 0 saturated carbocycles. The first kappa shape index (κ1) is 15.4. The molecule has 0 fully saturated rings. The van der Waals surface area contributed by atoms with Gasteiger partial charge in [-0.05, 0) is 41.8 Å². The minimum Gasteiger partial charge on any atom is -0.494 e. The molecular formula is C17H19F2NO. The number of halogens is 2. The van der Waals surface area contributed by atoms with Crippen LogP contribution < -0.4 is 10.5 Å². The van der Waals surface area contributed by atoms with E-state index >= 15 is 0 Å². The highest BCUT2D eigenvalue weighted by atomic mass is 19.2. The average Bonchev–Trinajstić information content (AvgIpc) is 2.50. The van der Waals surface area contributed by atoms with Gasteiger partial charge < -0.3 is 10.5 Å². The van der Waals surface area contributed by atoms with Crippen LogP contribution in [0.4, 0.5) is 8.78 Å². The second-order valence-electron chi connectivity index (χ2n) is 4.92. The van der Waals surface area contributed by atoms with Crippen molar-refractivity contribution in [1.29, 1.82) is 0 Å². The van der Waals surface area contributed by atoms with E-state index in [9.17, 15) is 8.78 Å². The third-order valence-corrected chi connectivity index (χ3v) is 3.31. The van der Waals surface area contributed by atoms with Gasteiger partial charge >= 0.3 is 0 Å².